The molecule has 0 aliphatic carbocycles. The maximum atomic E-state index is 12.6. The van der Waals surface area contributed by atoms with Crippen molar-refractivity contribution in [2.75, 3.05) is 33.5 Å². The van der Waals surface area contributed by atoms with Gasteiger partial charge in [0.25, 0.3) is 5.91 Å². The minimum atomic E-state index is -0.584. The SMILES string of the molecule is CCNC(=O)c1ccc(C2=CC3(CCN(C(=O)OC(C)(C)C)CC3)Oc3cccc(OCOC)c32)cc1. The molecular formula is C29H36N2O6. The lowest BCUT2D eigenvalue weighted by molar-refractivity contribution is -0.00137. The number of hydrogen-bond acceptors (Lipinski definition) is 6. The molecule has 8 nitrogen and oxygen atoms in total. The molecule has 1 spiro atoms. The summed E-state index contributed by atoms with van der Waals surface area (Å²) in [6.07, 6.45) is 3.08. The summed E-state index contributed by atoms with van der Waals surface area (Å²) in [5.74, 6) is 1.26. The fourth-order valence-corrected chi connectivity index (χ4v) is 4.62. The van der Waals surface area contributed by atoms with E-state index in [1.165, 1.54) is 0 Å². The van der Waals surface area contributed by atoms with E-state index in [0.29, 0.717) is 49.5 Å². The maximum absolute atomic E-state index is 12.6. The number of piperidine rings is 1. The summed E-state index contributed by atoms with van der Waals surface area (Å²) < 4.78 is 23.2. The van der Waals surface area contributed by atoms with Gasteiger partial charge in [-0.3, -0.25) is 4.79 Å². The van der Waals surface area contributed by atoms with Gasteiger partial charge in [0.1, 0.15) is 22.7 Å². The Kier molecular flexibility index (Phi) is 7.78. The first-order chi connectivity index (χ1) is 17.6. The van der Waals surface area contributed by atoms with Crippen LogP contribution in [0.4, 0.5) is 4.79 Å². The molecule has 198 valence electrons. The molecule has 2 aliphatic rings. The third-order valence-corrected chi connectivity index (χ3v) is 6.37. The van der Waals surface area contributed by atoms with Crippen LogP contribution in [0.5, 0.6) is 11.5 Å². The van der Waals surface area contributed by atoms with E-state index < -0.39 is 11.2 Å². The number of fused-ring (bicyclic) bond motifs is 1. The number of likely N-dealkylation sites (tertiary alicyclic amines) is 1. The minimum Gasteiger partial charge on any atom is -0.482 e. The fraction of sp³-hybridized carbons (Fsp3) is 0.448. The van der Waals surface area contributed by atoms with E-state index in [-0.39, 0.29) is 18.8 Å². The van der Waals surface area contributed by atoms with Crippen molar-refractivity contribution in [2.45, 2.75) is 51.7 Å². The molecule has 0 aromatic heterocycles. The average Bonchev–Trinajstić information content (AvgIpc) is 2.86. The van der Waals surface area contributed by atoms with Crippen LogP contribution in [0.3, 0.4) is 0 Å². The predicted octanol–water partition coefficient (Wildman–Crippen LogP) is 5.01. The number of ether oxygens (including phenoxy) is 4. The van der Waals surface area contributed by atoms with Crippen LogP contribution in [-0.4, -0.2) is 61.6 Å². The Morgan fingerprint density at radius 1 is 1.08 bits per heavy atom. The number of nitrogens with zero attached hydrogens (tertiary/aromatic N) is 1. The zero-order valence-electron chi connectivity index (χ0n) is 22.3. The molecule has 1 saturated heterocycles. The normalized spacial score (nSPS) is 16.4. The Morgan fingerprint density at radius 3 is 2.41 bits per heavy atom. The highest BCUT2D eigenvalue weighted by Crippen LogP contribution is 2.47. The van der Waals surface area contributed by atoms with Crippen molar-refractivity contribution >= 4 is 17.6 Å². The van der Waals surface area contributed by atoms with Crippen LogP contribution in [0.2, 0.25) is 0 Å². The first kappa shape index (κ1) is 26.5. The molecule has 0 bridgehead atoms. The van der Waals surface area contributed by atoms with Gasteiger partial charge < -0.3 is 29.2 Å². The molecule has 8 heteroatoms. The smallest absolute Gasteiger partial charge is 0.410 e. The highest BCUT2D eigenvalue weighted by molar-refractivity contribution is 5.95. The molecule has 2 aliphatic heterocycles. The summed E-state index contributed by atoms with van der Waals surface area (Å²) in [7, 11) is 1.58. The van der Waals surface area contributed by atoms with Gasteiger partial charge in [-0.1, -0.05) is 18.2 Å². The molecule has 0 radical (unpaired) electrons. The third-order valence-electron chi connectivity index (χ3n) is 6.37. The number of hydrogen-bond donors (Lipinski definition) is 1. The van der Waals surface area contributed by atoms with Crippen molar-refractivity contribution in [3.8, 4) is 11.5 Å². The molecule has 4 rings (SSSR count). The van der Waals surface area contributed by atoms with Crippen LogP contribution in [0.1, 0.15) is 62.0 Å². The summed E-state index contributed by atoms with van der Waals surface area (Å²) in [5, 5.41) is 2.83. The third kappa shape index (κ3) is 6.07. The summed E-state index contributed by atoms with van der Waals surface area (Å²) in [5.41, 5.74) is 2.21. The van der Waals surface area contributed by atoms with Gasteiger partial charge in [-0.2, -0.15) is 0 Å². The molecule has 1 N–H and O–H groups in total. The summed E-state index contributed by atoms with van der Waals surface area (Å²) in [6.45, 7) is 9.21. The van der Waals surface area contributed by atoms with E-state index >= 15 is 0 Å². The van der Waals surface area contributed by atoms with Gasteiger partial charge >= 0.3 is 6.09 Å². The van der Waals surface area contributed by atoms with Gasteiger partial charge in [0.15, 0.2) is 6.79 Å². The van der Waals surface area contributed by atoms with Crippen molar-refractivity contribution < 1.29 is 28.5 Å². The average molecular weight is 509 g/mol. The van der Waals surface area contributed by atoms with Crippen LogP contribution in [0.15, 0.2) is 48.5 Å². The first-order valence-electron chi connectivity index (χ1n) is 12.7. The number of carbonyl (C=O) groups is 2. The highest BCUT2D eigenvalue weighted by atomic mass is 16.7. The Hall–Kier alpha value is -3.52. The lowest BCUT2D eigenvalue weighted by atomic mass is 9.82. The molecule has 2 aromatic rings. The van der Waals surface area contributed by atoms with Gasteiger partial charge in [-0.15, -0.1) is 0 Å². The maximum Gasteiger partial charge on any atom is 0.410 e. The molecule has 0 unspecified atom stereocenters. The Balaban J connectivity index is 1.68. The monoisotopic (exact) mass is 508 g/mol. The largest absolute Gasteiger partial charge is 0.482 e. The fourth-order valence-electron chi connectivity index (χ4n) is 4.62. The van der Waals surface area contributed by atoms with E-state index in [2.05, 4.69) is 11.4 Å². The summed E-state index contributed by atoms with van der Waals surface area (Å²) >= 11 is 0. The zero-order valence-corrected chi connectivity index (χ0v) is 22.3. The standard InChI is InChI=1S/C29H36N2O6/c1-6-30-26(32)21-12-10-20(11-13-21)22-18-29(14-16-31(17-15-29)27(33)37-28(2,3)4)36-24-9-7-8-23(25(22)24)35-19-34-5/h7-13,18H,6,14-17,19H2,1-5H3,(H,30,32). The molecule has 0 atom stereocenters. The van der Waals surface area contributed by atoms with Crippen LogP contribution in [0, 0.1) is 0 Å². The quantitative estimate of drug-likeness (QED) is 0.552. The highest BCUT2D eigenvalue weighted by Gasteiger charge is 2.41. The van der Waals surface area contributed by atoms with Gasteiger partial charge in [0.05, 0.1) is 5.56 Å². The van der Waals surface area contributed by atoms with E-state index in [9.17, 15) is 9.59 Å². The van der Waals surface area contributed by atoms with Crippen LogP contribution < -0.4 is 14.8 Å². The topological polar surface area (TPSA) is 86.3 Å². The van der Waals surface area contributed by atoms with Crippen molar-refractivity contribution in [3.63, 3.8) is 0 Å². The van der Waals surface area contributed by atoms with Crippen molar-refractivity contribution in [3.05, 3.63) is 65.2 Å². The van der Waals surface area contributed by atoms with Crippen LogP contribution in [0.25, 0.3) is 5.57 Å². The number of carbonyl (C=O) groups excluding carboxylic acids is 2. The molecule has 37 heavy (non-hydrogen) atoms. The first-order valence-corrected chi connectivity index (χ1v) is 12.7. The lowest BCUT2D eigenvalue weighted by Crippen LogP contribution is -2.50. The van der Waals surface area contributed by atoms with Gasteiger partial charge in [0, 0.05) is 45.1 Å². The van der Waals surface area contributed by atoms with E-state index in [0.717, 1.165) is 16.7 Å². The van der Waals surface area contributed by atoms with Crippen LogP contribution in [-0.2, 0) is 9.47 Å². The van der Waals surface area contributed by atoms with Crippen molar-refractivity contribution in [1.82, 2.24) is 10.2 Å². The molecule has 1 fully saturated rings. The molecule has 2 amide bonds. The number of methoxy groups -OCH3 is 1. The number of nitrogens with one attached hydrogen (secondary N) is 1. The number of rotatable bonds is 6. The van der Waals surface area contributed by atoms with E-state index in [4.69, 9.17) is 18.9 Å². The van der Waals surface area contributed by atoms with Gasteiger partial charge in [-0.25, -0.2) is 4.79 Å². The zero-order chi connectivity index (χ0) is 26.6. The van der Waals surface area contributed by atoms with Crippen LogP contribution >= 0.6 is 0 Å². The van der Waals surface area contributed by atoms with Gasteiger partial charge in [0.2, 0.25) is 0 Å². The molecule has 2 aromatic carbocycles. The Labute approximate surface area is 218 Å². The van der Waals surface area contributed by atoms with E-state index in [1.54, 1.807) is 12.0 Å². The lowest BCUT2D eigenvalue weighted by Gasteiger charge is -2.43. The summed E-state index contributed by atoms with van der Waals surface area (Å²) in [4.78, 5) is 26.7. The Morgan fingerprint density at radius 2 is 1.78 bits per heavy atom. The Bertz CT molecular complexity index is 1160. The molecular weight excluding hydrogens is 472 g/mol. The van der Waals surface area contributed by atoms with E-state index in [1.807, 2.05) is 70.2 Å². The number of benzene rings is 2. The minimum absolute atomic E-state index is 0.106. The molecule has 0 saturated carbocycles. The number of amides is 2. The van der Waals surface area contributed by atoms with Crippen molar-refractivity contribution in [1.29, 1.82) is 0 Å². The summed E-state index contributed by atoms with van der Waals surface area (Å²) in [6, 6.07) is 13.3. The molecule has 2 heterocycles. The second kappa shape index (κ2) is 10.8. The van der Waals surface area contributed by atoms with Gasteiger partial charge in [-0.05, 0) is 69.2 Å². The predicted molar refractivity (Wildman–Crippen MR) is 141 cm³/mol. The second-order valence-electron chi connectivity index (χ2n) is 10.3. The van der Waals surface area contributed by atoms with Crippen molar-refractivity contribution in [2.24, 2.45) is 0 Å². The second-order valence-corrected chi connectivity index (χ2v) is 10.3.